The van der Waals surface area contributed by atoms with Crippen molar-refractivity contribution in [2.75, 3.05) is 19.7 Å². The van der Waals surface area contributed by atoms with E-state index in [0.29, 0.717) is 13.1 Å². The second-order valence-corrected chi connectivity index (χ2v) is 8.42. The molecule has 0 fully saturated rings. The number of benzene rings is 3. The predicted octanol–water partition coefficient (Wildman–Crippen LogP) is 4.08. The Morgan fingerprint density at radius 1 is 1.12 bits per heavy atom. The number of hydrogen-bond donors (Lipinski definition) is 3. The number of ether oxygens (including phenoxy) is 2. The van der Waals surface area contributed by atoms with Gasteiger partial charge in [-0.2, -0.15) is 0 Å². The maximum atomic E-state index is 11.0. The summed E-state index contributed by atoms with van der Waals surface area (Å²) in [5, 5.41) is 22.5. The third kappa shape index (κ3) is 6.12. The zero-order chi connectivity index (χ0) is 23.2. The highest BCUT2D eigenvalue weighted by Gasteiger charge is 2.20. The Morgan fingerprint density at radius 3 is 2.67 bits per heavy atom. The van der Waals surface area contributed by atoms with Gasteiger partial charge in [-0.05, 0) is 78.4 Å². The molecule has 3 aromatic carbocycles. The maximum absolute atomic E-state index is 11.0. The van der Waals surface area contributed by atoms with Crippen molar-refractivity contribution in [3.63, 3.8) is 0 Å². The van der Waals surface area contributed by atoms with Crippen molar-refractivity contribution in [3.8, 4) is 22.6 Å². The van der Waals surface area contributed by atoms with Crippen LogP contribution in [0.4, 0.5) is 0 Å². The number of aliphatic hydroxyl groups is 1. The fourth-order valence-electron chi connectivity index (χ4n) is 3.94. The van der Waals surface area contributed by atoms with E-state index in [9.17, 15) is 9.90 Å². The van der Waals surface area contributed by atoms with Crippen LogP contribution in [0.2, 0.25) is 0 Å². The quantitative estimate of drug-likeness (QED) is 0.458. The van der Waals surface area contributed by atoms with Gasteiger partial charge in [0.25, 0.3) is 0 Å². The number of hydrogen-bond acceptors (Lipinski definition) is 5. The molecule has 1 aliphatic rings. The molecule has 6 nitrogen and oxygen atoms in total. The largest absolute Gasteiger partial charge is 0.491 e. The lowest BCUT2D eigenvalue weighted by Crippen LogP contribution is -2.39. The number of nitrogens with one attached hydrogen (secondary N) is 1. The van der Waals surface area contributed by atoms with Crippen molar-refractivity contribution in [1.82, 2.24) is 5.32 Å². The molecule has 0 saturated heterocycles. The molecule has 3 aromatic rings. The molecule has 4 rings (SSSR count). The first-order chi connectivity index (χ1) is 16.0. The molecular weight excluding hydrogens is 418 g/mol. The number of aliphatic hydroxyl groups excluding tert-OH is 1. The van der Waals surface area contributed by atoms with Crippen LogP contribution in [0.3, 0.4) is 0 Å². The van der Waals surface area contributed by atoms with E-state index >= 15 is 0 Å². The highest BCUT2D eigenvalue weighted by Crippen LogP contribution is 2.32. The number of aryl methyl sites for hydroxylation is 2. The number of carboxylic acid groups (broad SMARTS) is 1. The lowest BCUT2D eigenvalue weighted by molar-refractivity contribution is 0.0697. The van der Waals surface area contributed by atoms with Gasteiger partial charge < -0.3 is 25.0 Å². The van der Waals surface area contributed by atoms with E-state index in [4.69, 9.17) is 14.6 Å². The second kappa shape index (κ2) is 10.5. The van der Waals surface area contributed by atoms with Crippen molar-refractivity contribution >= 4 is 5.97 Å². The van der Waals surface area contributed by atoms with Gasteiger partial charge in [0, 0.05) is 13.1 Å². The molecule has 0 bridgehead atoms. The molecule has 0 saturated carbocycles. The lowest BCUT2D eigenvalue weighted by atomic mass is 9.96. The molecule has 2 atom stereocenters. The van der Waals surface area contributed by atoms with E-state index in [-0.39, 0.29) is 18.3 Å². The Hall–Kier alpha value is -3.35. The summed E-state index contributed by atoms with van der Waals surface area (Å²) >= 11 is 0. The fraction of sp³-hybridized carbons (Fsp3) is 0.296. The van der Waals surface area contributed by atoms with Gasteiger partial charge in [0.05, 0.1) is 5.56 Å². The number of rotatable bonds is 9. The molecule has 1 aliphatic heterocycles. The van der Waals surface area contributed by atoms with Crippen LogP contribution in [0.1, 0.15) is 27.9 Å². The molecule has 0 aliphatic carbocycles. The highest BCUT2D eigenvalue weighted by molar-refractivity contribution is 5.88. The minimum absolute atomic E-state index is 0.0445. The number of carbonyl (C=O) groups is 1. The zero-order valence-electron chi connectivity index (χ0n) is 18.7. The van der Waals surface area contributed by atoms with Crippen LogP contribution < -0.4 is 14.8 Å². The summed E-state index contributed by atoms with van der Waals surface area (Å²) in [4.78, 5) is 11.0. The van der Waals surface area contributed by atoms with E-state index in [0.717, 1.165) is 46.6 Å². The van der Waals surface area contributed by atoms with Crippen molar-refractivity contribution in [2.45, 2.75) is 32.0 Å². The third-order valence-corrected chi connectivity index (χ3v) is 5.74. The van der Waals surface area contributed by atoms with Crippen LogP contribution in [0.25, 0.3) is 11.1 Å². The van der Waals surface area contributed by atoms with Crippen molar-refractivity contribution in [2.24, 2.45) is 0 Å². The Bertz CT molecular complexity index is 1100. The van der Waals surface area contributed by atoms with E-state index in [2.05, 4.69) is 11.4 Å². The zero-order valence-corrected chi connectivity index (χ0v) is 18.7. The van der Waals surface area contributed by atoms with Crippen LogP contribution in [0, 0.1) is 6.92 Å². The molecule has 0 spiro atoms. The predicted molar refractivity (Wildman–Crippen MR) is 127 cm³/mol. The van der Waals surface area contributed by atoms with Gasteiger partial charge in [-0.25, -0.2) is 4.79 Å². The summed E-state index contributed by atoms with van der Waals surface area (Å²) in [5.41, 5.74) is 4.58. The third-order valence-electron chi connectivity index (χ3n) is 5.74. The highest BCUT2D eigenvalue weighted by atomic mass is 16.5. The lowest BCUT2D eigenvalue weighted by Gasteiger charge is -2.27. The molecule has 3 N–H and O–H groups in total. The van der Waals surface area contributed by atoms with Gasteiger partial charge in [0.1, 0.15) is 30.3 Å². The van der Waals surface area contributed by atoms with E-state index in [1.807, 2.05) is 55.5 Å². The minimum Gasteiger partial charge on any atom is -0.491 e. The Kier molecular flexibility index (Phi) is 7.27. The summed E-state index contributed by atoms with van der Waals surface area (Å²) in [6.45, 7) is 3.33. The molecule has 0 radical (unpaired) electrons. The summed E-state index contributed by atoms with van der Waals surface area (Å²) in [6.07, 6.45) is 1.23. The molecule has 6 heteroatoms. The van der Waals surface area contributed by atoms with Gasteiger partial charge in [0.15, 0.2) is 0 Å². The summed E-state index contributed by atoms with van der Waals surface area (Å²) in [7, 11) is 0. The van der Waals surface area contributed by atoms with Gasteiger partial charge in [-0.3, -0.25) is 0 Å². The molecule has 2 unspecified atom stereocenters. The fourth-order valence-corrected chi connectivity index (χ4v) is 3.94. The first-order valence-electron chi connectivity index (χ1n) is 11.2. The topological polar surface area (TPSA) is 88.0 Å². The van der Waals surface area contributed by atoms with Crippen LogP contribution in [-0.4, -0.2) is 48.1 Å². The molecule has 33 heavy (non-hydrogen) atoms. The smallest absolute Gasteiger partial charge is 0.335 e. The molecular formula is C27H29NO5. The first-order valence-corrected chi connectivity index (χ1v) is 11.2. The Balaban J connectivity index is 1.24. The van der Waals surface area contributed by atoms with Crippen molar-refractivity contribution in [1.29, 1.82) is 0 Å². The molecule has 1 heterocycles. The van der Waals surface area contributed by atoms with Gasteiger partial charge >= 0.3 is 5.97 Å². The van der Waals surface area contributed by atoms with Crippen LogP contribution in [-0.2, 0) is 6.42 Å². The normalized spacial score (nSPS) is 15.9. The summed E-state index contributed by atoms with van der Waals surface area (Å²) < 4.78 is 11.8. The standard InChI is InChI=1S/C27H29NO5/c1-18-3-2-4-24(13-18)32-17-23(29)15-28-16-25-11-9-22-14-21(10-12-26(22)33-25)19-5-7-20(8-6-19)27(30)31/h2-8,10,12-14,23,25,28-29H,9,11,15-17H2,1H3,(H,30,31). The first kappa shape index (κ1) is 22.8. The van der Waals surface area contributed by atoms with Gasteiger partial charge in [-0.1, -0.05) is 30.3 Å². The second-order valence-electron chi connectivity index (χ2n) is 8.42. The van der Waals surface area contributed by atoms with E-state index in [1.54, 1.807) is 12.1 Å². The van der Waals surface area contributed by atoms with Gasteiger partial charge in [0.2, 0.25) is 0 Å². The summed E-state index contributed by atoms with van der Waals surface area (Å²) in [6, 6.07) is 20.8. The molecule has 0 amide bonds. The van der Waals surface area contributed by atoms with Crippen LogP contribution in [0.15, 0.2) is 66.7 Å². The average molecular weight is 448 g/mol. The van der Waals surface area contributed by atoms with Crippen LogP contribution in [0.5, 0.6) is 11.5 Å². The van der Waals surface area contributed by atoms with Crippen molar-refractivity contribution < 1.29 is 24.5 Å². The number of carboxylic acids is 1. The Labute approximate surface area is 193 Å². The summed E-state index contributed by atoms with van der Waals surface area (Å²) in [5.74, 6) is 0.715. The monoisotopic (exact) mass is 447 g/mol. The number of aromatic carboxylic acids is 1. The van der Waals surface area contributed by atoms with Crippen LogP contribution >= 0.6 is 0 Å². The van der Waals surface area contributed by atoms with Gasteiger partial charge in [-0.15, -0.1) is 0 Å². The average Bonchev–Trinajstić information content (AvgIpc) is 2.82. The number of fused-ring (bicyclic) bond motifs is 1. The molecule has 0 aromatic heterocycles. The van der Waals surface area contributed by atoms with E-state index < -0.39 is 12.1 Å². The SMILES string of the molecule is Cc1cccc(OCC(O)CNCC2CCc3cc(-c4ccc(C(=O)O)cc4)ccc3O2)c1. The van der Waals surface area contributed by atoms with Crippen molar-refractivity contribution in [3.05, 3.63) is 83.4 Å². The maximum Gasteiger partial charge on any atom is 0.335 e. The Morgan fingerprint density at radius 2 is 1.91 bits per heavy atom. The minimum atomic E-state index is -0.925. The molecule has 172 valence electrons. The van der Waals surface area contributed by atoms with E-state index in [1.165, 1.54) is 0 Å².